The summed E-state index contributed by atoms with van der Waals surface area (Å²) < 4.78 is 5.19. The predicted octanol–water partition coefficient (Wildman–Crippen LogP) is 4.29. The average Bonchev–Trinajstić information content (AvgIpc) is 2.61. The first-order valence-corrected chi connectivity index (χ1v) is 8.74. The number of benzene rings is 2. The van der Waals surface area contributed by atoms with Gasteiger partial charge in [-0.25, -0.2) is 0 Å². The van der Waals surface area contributed by atoms with Crippen LogP contribution in [0.15, 0.2) is 48.5 Å². The smallest absolute Gasteiger partial charge is 0.169 e. The number of nitrogens with zero attached hydrogens (tertiary/aromatic N) is 1. The summed E-state index contributed by atoms with van der Waals surface area (Å²) in [5.74, 6) is 0.869. The number of hydrogen-bond acceptors (Lipinski definition) is 2. The Morgan fingerprint density at radius 1 is 1.04 bits per heavy atom. The fourth-order valence-corrected chi connectivity index (χ4v) is 2.70. The molecular formula is C20H26N2OS. The first-order chi connectivity index (χ1) is 11.6. The maximum Gasteiger partial charge on any atom is 0.169 e. The first-order valence-electron chi connectivity index (χ1n) is 8.33. The molecule has 0 fully saturated rings. The van der Waals surface area contributed by atoms with E-state index in [1.807, 2.05) is 12.1 Å². The molecule has 1 N–H and O–H groups in total. The highest BCUT2D eigenvalue weighted by molar-refractivity contribution is 7.80. The SMILES string of the molecule is CCCN(Cc1ccc(C)cc1)C(=S)NCc1ccc(OC)cc1. The molecule has 0 spiro atoms. The maximum atomic E-state index is 5.60. The van der Waals surface area contributed by atoms with Gasteiger partial charge in [-0.15, -0.1) is 0 Å². The van der Waals surface area contributed by atoms with Crippen LogP contribution in [-0.2, 0) is 13.1 Å². The summed E-state index contributed by atoms with van der Waals surface area (Å²) in [6, 6.07) is 16.7. The Balaban J connectivity index is 1.93. The molecule has 0 amide bonds. The van der Waals surface area contributed by atoms with Crippen LogP contribution in [0.1, 0.15) is 30.0 Å². The van der Waals surface area contributed by atoms with E-state index in [2.05, 4.69) is 60.5 Å². The standard InChI is InChI=1S/C20H26N2OS/c1-4-13-22(15-18-7-5-16(2)6-8-18)20(24)21-14-17-9-11-19(23-3)12-10-17/h5-12H,4,13-15H2,1-3H3,(H,21,24). The minimum atomic E-state index is 0.719. The van der Waals surface area contributed by atoms with Crippen molar-refractivity contribution in [3.05, 3.63) is 65.2 Å². The fraction of sp³-hybridized carbons (Fsp3) is 0.350. The number of hydrogen-bond donors (Lipinski definition) is 1. The summed E-state index contributed by atoms with van der Waals surface area (Å²) in [5, 5.41) is 4.17. The first kappa shape index (κ1) is 18.3. The molecule has 0 aliphatic rings. The van der Waals surface area contributed by atoms with Gasteiger partial charge in [0.25, 0.3) is 0 Å². The van der Waals surface area contributed by atoms with Crippen molar-refractivity contribution >= 4 is 17.3 Å². The summed E-state index contributed by atoms with van der Waals surface area (Å²) >= 11 is 5.60. The summed E-state index contributed by atoms with van der Waals surface area (Å²) in [7, 11) is 1.68. The van der Waals surface area contributed by atoms with Gasteiger partial charge in [0.1, 0.15) is 5.75 Å². The van der Waals surface area contributed by atoms with Gasteiger partial charge in [-0.05, 0) is 48.8 Å². The molecule has 0 radical (unpaired) electrons. The largest absolute Gasteiger partial charge is 0.497 e. The summed E-state index contributed by atoms with van der Waals surface area (Å²) in [6.45, 7) is 6.78. The molecule has 3 nitrogen and oxygen atoms in total. The third-order valence-electron chi connectivity index (χ3n) is 3.88. The summed E-state index contributed by atoms with van der Waals surface area (Å²) in [6.07, 6.45) is 1.07. The highest BCUT2D eigenvalue weighted by atomic mass is 32.1. The fourth-order valence-electron chi connectivity index (χ4n) is 2.47. The molecule has 0 heterocycles. The number of aryl methyl sites for hydroxylation is 1. The minimum Gasteiger partial charge on any atom is -0.497 e. The van der Waals surface area contributed by atoms with Crippen LogP contribution < -0.4 is 10.1 Å². The van der Waals surface area contributed by atoms with E-state index in [9.17, 15) is 0 Å². The van der Waals surface area contributed by atoms with E-state index in [0.717, 1.165) is 36.9 Å². The lowest BCUT2D eigenvalue weighted by atomic mass is 10.1. The highest BCUT2D eigenvalue weighted by Gasteiger charge is 2.09. The van der Waals surface area contributed by atoms with Crippen LogP contribution in [0.2, 0.25) is 0 Å². The van der Waals surface area contributed by atoms with E-state index in [4.69, 9.17) is 17.0 Å². The van der Waals surface area contributed by atoms with Crippen LogP contribution >= 0.6 is 12.2 Å². The second-order valence-corrected chi connectivity index (χ2v) is 6.30. The van der Waals surface area contributed by atoms with Crippen LogP contribution in [0.3, 0.4) is 0 Å². The lowest BCUT2D eigenvalue weighted by Crippen LogP contribution is -2.39. The monoisotopic (exact) mass is 342 g/mol. The molecule has 0 bridgehead atoms. The molecule has 2 rings (SSSR count). The van der Waals surface area contributed by atoms with Crippen molar-refractivity contribution in [2.75, 3.05) is 13.7 Å². The molecule has 0 aliphatic heterocycles. The van der Waals surface area contributed by atoms with Crippen LogP contribution in [-0.4, -0.2) is 23.7 Å². The number of ether oxygens (including phenoxy) is 1. The van der Waals surface area contributed by atoms with Gasteiger partial charge in [0.05, 0.1) is 7.11 Å². The van der Waals surface area contributed by atoms with E-state index in [0.29, 0.717) is 0 Å². The zero-order chi connectivity index (χ0) is 17.4. The maximum absolute atomic E-state index is 5.60. The van der Waals surface area contributed by atoms with Crippen LogP contribution in [0.5, 0.6) is 5.75 Å². The Kier molecular flexibility index (Phi) is 7.07. The zero-order valence-corrected chi connectivity index (χ0v) is 15.5. The number of rotatable bonds is 7. The number of thiocarbonyl (C=S) groups is 1. The van der Waals surface area contributed by atoms with E-state index in [1.54, 1.807) is 7.11 Å². The molecule has 0 aliphatic carbocycles. The molecule has 2 aromatic carbocycles. The van der Waals surface area contributed by atoms with Gasteiger partial charge in [0, 0.05) is 19.6 Å². The molecule has 0 unspecified atom stereocenters. The van der Waals surface area contributed by atoms with Gasteiger partial charge >= 0.3 is 0 Å². The molecule has 0 saturated heterocycles. The van der Waals surface area contributed by atoms with Crippen molar-refractivity contribution in [2.45, 2.75) is 33.4 Å². The van der Waals surface area contributed by atoms with Crippen molar-refractivity contribution in [1.82, 2.24) is 10.2 Å². The summed E-state index contributed by atoms with van der Waals surface area (Å²) in [5.41, 5.74) is 3.74. The lowest BCUT2D eigenvalue weighted by molar-refractivity contribution is 0.404. The Bertz CT molecular complexity index is 638. The van der Waals surface area contributed by atoms with Crippen LogP contribution in [0.25, 0.3) is 0 Å². The minimum absolute atomic E-state index is 0.719. The molecule has 0 atom stereocenters. The lowest BCUT2D eigenvalue weighted by Gasteiger charge is -2.25. The Morgan fingerprint density at radius 3 is 2.25 bits per heavy atom. The average molecular weight is 343 g/mol. The number of nitrogens with one attached hydrogen (secondary N) is 1. The quantitative estimate of drug-likeness (QED) is 0.759. The van der Waals surface area contributed by atoms with Gasteiger partial charge in [-0.3, -0.25) is 0 Å². The van der Waals surface area contributed by atoms with Crippen molar-refractivity contribution in [3.63, 3.8) is 0 Å². The second kappa shape index (κ2) is 9.28. The molecule has 24 heavy (non-hydrogen) atoms. The molecule has 0 saturated carbocycles. The van der Waals surface area contributed by atoms with Gasteiger partial charge < -0.3 is 15.0 Å². The van der Waals surface area contributed by atoms with Gasteiger partial charge in [-0.1, -0.05) is 48.9 Å². The normalized spacial score (nSPS) is 10.3. The predicted molar refractivity (Wildman–Crippen MR) is 104 cm³/mol. The van der Waals surface area contributed by atoms with Gasteiger partial charge in [0.15, 0.2) is 5.11 Å². The molecule has 2 aromatic rings. The van der Waals surface area contributed by atoms with E-state index in [1.165, 1.54) is 16.7 Å². The summed E-state index contributed by atoms with van der Waals surface area (Å²) in [4.78, 5) is 2.23. The van der Waals surface area contributed by atoms with Crippen LogP contribution in [0.4, 0.5) is 0 Å². The third kappa shape index (κ3) is 5.53. The van der Waals surface area contributed by atoms with E-state index >= 15 is 0 Å². The van der Waals surface area contributed by atoms with Crippen molar-refractivity contribution in [3.8, 4) is 5.75 Å². The van der Waals surface area contributed by atoms with E-state index in [-0.39, 0.29) is 0 Å². The van der Waals surface area contributed by atoms with Crippen molar-refractivity contribution < 1.29 is 4.74 Å². The highest BCUT2D eigenvalue weighted by Crippen LogP contribution is 2.12. The Hall–Kier alpha value is -2.07. The molecular weight excluding hydrogens is 316 g/mol. The second-order valence-electron chi connectivity index (χ2n) is 5.91. The van der Waals surface area contributed by atoms with Gasteiger partial charge in [-0.2, -0.15) is 0 Å². The zero-order valence-electron chi connectivity index (χ0n) is 14.7. The molecule has 128 valence electrons. The van der Waals surface area contributed by atoms with E-state index < -0.39 is 0 Å². The molecule has 4 heteroatoms. The Labute approximate surface area is 150 Å². The molecule has 0 aromatic heterocycles. The third-order valence-corrected chi connectivity index (χ3v) is 4.28. The topological polar surface area (TPSA) is 24.5 Å². The van der Waals surface area contributed by atoms with Crippen LogP contribution in [0, 0.1) is 6.92 Å². The van der Waals surface area contributed by atoms with Crippen molar-refractivity contribution in [1.29, 1.82) is 0 Å². The Morgan fingerprint density at radius 2 is 1.67 bits per heavy atom. The van der Waals surface area contributed by atoms with Gasteiger partial charge in [0.2, 0.25) is 0 Å². The number of methoxy groups -OCH3 is 1. The van der Waals surface area contributed by atoms with Crippen molar-refractivity contribution in [2.24, 2.45) is 0 Å².